The first-order valence-corrected chi connectivity index (χ1v) is 14.8. The van der Waals surface area contributed by atoms with E-state index in [0.29, 0.717) is 32.2 Å². The smallest absolute Gasteiger partial charge is 0.229 e. The molecule has 5 unspecified atom stereocenters. The molecule has 230 valence electrons. The summed E-state index contributed by atoms with van der Waals surface area (Å²) in [6.07, 6.45) is -1.33. The van der Waals surface area contributed by atoms with Crippen LogP contribution < -0.4 is 9.47 Å². The fourth-order valence-corrected chi connectivity index (χ4v) is 5.04. The van der Waals surface area contributed by atoms with Crippen molar-refractivity contribution in [2.45, 2.75) is 50.5 Å². The fourth-order valence-electron chi connectivity index (χ4n) is 5.04. The third-order valence-corrected chi connectivity index (χ3v) is 7.27. The van der Waals surface area contributed by atoms with Crippen molar-refractivity contribution in [3.63, 3.8) is 0 Å². The van der Waals surface area contributed by atoms with Crippen molar-refractivity contribution in [3.8, 4) is 11.5 Å². The number of benzene rings is 4. The first-order chi connectivity index (χ1) is 21.7. The maximum Gasteiger partial charge on any atom is 0.229 e. The van der Waals surface area contributed by atoms with Crippen molar-refractivity contribution < 1.29 is 33.2 Å². The molecule has 0 radical (unpaired) electrons. The lowest BCUT2D eigenvalue weighted by molar-refractivity contribution is -0.307. The van der Waals surface area contributed by atoms with Crippen LogP contribution in [0, 0.1) is 0 Å². The molecule has 0 aromatic heterocycles. The zero-order valence-corrected chi connectivity index (χ0v) is 25.0. The molecule has 1 saturated heterocycles. The maximum atomic E-state index is 6.66. The number of hydrogen-bond acceptors (Lipinski definition) is 7. The molecule has 0 aliphatic carbocycles. The van der Waals surface area contributed by atoms with E-state index in [1.807, 2.05) is 115 Å². The number of methoxy groups -OCH3 is 1. The topological polar surface area (TPSA) is 64.6 Å². The summed E-state index contributed by atoms with van der Waals surface area (Å²) in [5, 5.41) is 0. The van der Waals surface area contributed by atoms with Crippen molar-refractivity contribution in [3.05, 3.63) is 145 Å². The van der Waals surface area contributed by atoms with Crippen LogP contribution in [0.3, 0.4) is 0 Å². The number of hydrogen-bond donors (Lipinski definition) is 0. The van der Waals surface area contributed by atoms with Gasteiger partial charge < -0.3 is 33.2 Å². The van der Waals surface area contributed by atoms with Gasteiger partial charge in [-0.1, -0.05) is 97.1 Å². The Morgan fingerprint density at radius 2 is 1.14 bits per heavy atom. The van der Waals surface area contributed by atoms with Crippen LogP contribution >= 0.6 is 0 Å². The predicted octanol–water partition coefficient (Wildman–Crippen LogP) is 6.76. The average molecular weight is 597 g/mol. The molecule has 44 heavy (non-hydrogen) atoms. The Hall–Kier alpha value is -3.98. The summed E-state index contributed by atoms with van der Waals surface area (Å²) < 4.78 is 44.2. The van der Waals surface area contributed by atoms with Gasteiger partial charge in [0.2, 0.25) is 6.29 Å². The molecule has 1 fully saturated rings. The van der Waals surface area contributed by atoms with Crippen molar-refractivity contribution in [1.29, 1.82) is 0 Å². The van der Waals surface area contributed by atoms with Gasteiger partial charge in [0.15, 0.2) is 0 Å². The lowest BCUT2D eigenvalue weighted by Gasteiger charge is -2.45. The SMILES string of the molecule is C=CCOC1C(OCc2ccccc2)C(COCc2ccccc2)OC(Oc2ccc(OC)cc2)C1OCc1ccccc1. The molecule has 0 saturated carbocycles. The Morgan fingerprint density at radius 1 is 0.614 bits per heavy atom. The Bertz CT molecular complexity index is 1370. The Morgan fingerprint density at radius 3 is 1.68 bits per heavy atom. The number of ether oxygens (including phenoxy) is 7. The van der Waals surface area contributed by atoms with Crippen molar-refractivity contribution in [1.82, 2.24) is 0 Å². The van der Waals surface area contributed by atoms with Crippen molar-refractivity contribution >= 4 is 0 Å². The monoisotopic (exact) mass is 596 g/mol. The van der Waals surface area contributed by atoms with E-state index in [4.69, 9.17) is 33.2 Å². The van der Waals surface area contributed by atoms with E-state index in [1.165, 1.54) is 0 Å². The summed E-state index contributed by atoms with van der Waals surface area (Å²) >= 11 is 0. The van der Waals surface area contributed by atoms with Crippen LogP contribution in [0.15, 0.2) is 128 Å². The zero-order chi connectivity index (χ0) is 30.4. The minimum absolute atomic E-state index is 0.260. The van der Waals surface area contributed by atoms with E-state index in [0.717, 1.165) is 22.4 Å². The van der Waals surface area contributed by atoms with Crippen LogP contribution in [0.2, 0.25) is 0 Å². The minimum atomic E-state index is -0.816. The molecule has 4 aromatic rings. The van der Waals surface area contributed by atoms with Gasteiger partial charge in [0.1, 0.15) is 35.9 Å². The van der Waals surface area contributed by atoms with Gasteiger partial charge in [-0.3, -0.25) is 0 Å². The van der Waals surface area contributed by atoms with Gasteiger partial charge in [0.25, 0.3) is 0 Å². The summed E-state index contributed by atoms with van der Waals surface area (Å²) in [5.41, 5.74) is 3.13. The van der Waals surface area contributed by atoms with Gasteiger partial charge in [-0.25, -0.2) is 0 Å². The van der Waals surface area contributed by atoms with Crippen LogP contribution in [0.1, 0.15) is 16.7 Å². The van der Waals surface area contributed by atoms with Gasteiger partial charge in [-0.15, -0.1) is 6.58 Å². The molecule has 7 nitrogen and oxygen atoms in total. The molecule has 1 aliphatic rings. The molecule has 0 amide bonds. The van der Waals surface area contributed by atoms with Crippen molar-refractivity contribution in [2.24, 2.45) is 0 Å². The molecular weight excluding hydrogens is 556 g/mol. The molecule has 5 atom stereocenters. The van der Waals surface area contributed by atoms with Crippen LogP contribution in [0.4, 0.5) is 0 Å². The van der Waals surface area contributed by atoms with E-state index in [9.17, 15) is 0 Å². The average Bonchev–Trinajstić information content (AvgIpc) is 3.08. The predicted molar refractivity (Wildman–Crippen MR) is 168 cm³/mol. The molecule has 4 aromatic carbocycles. The third-order valence-electron chi connectivity index (χ3n) is 7.27. The van der Waals surface area contributed by atoms with Gasteiger partial charge in [-0.2, -0.15) is 0 Å². The zero-order valence-electron chi connectivity index (χ0n) is 25.0. The normalized spacial score (nSPS) is 21.4. The molecule has 1 heterocycles. The Kier molecular flexibility index (Phi) is 12.0. The van der Waals surface area contributed by atoms with E-state index in [2.05, 4.69) is 6.58 Å². The second-order valence-electron chi connectivity index (χ2n) is 10.4. The minimum Gasteiger partial charge on any atom is -0.497 e. The van der Waals surface area contributed by atoms with Gasteiger partial charge >= 0.3 is 0 Å². The largest absolute Gasteiger partial charge is 0.497 e. The van der Waals surface area contributed by atoms with E-state index >= 15 is 0 Å². The summed E-state index contributed by atoms with van der Waals surface area (Å²) in [6.45, 7) is 5.58. The van der Waals surface area contributed by atoms with Gasteiger partial charge in [0.05, 0.1) is 40.1 Å². The summed E-state index contributed by atoms with van der Waals surface area (Å²) in [4.78, 5) is 0. The van der Waals surface area contributed by atoms with Crippen LogP contribution in [-0.2, 0) is 43.5 Å². The second kappa shape index (κ2) is 16.8. The summed E-state index contributed by atoms with van der Waals surface area (Å²) in [7, 11) is 1.63. The molecule has 7 heteroatoms. The van der Waals surface area contributed by atoms with Crippen LogP contribution in [-0.4, -0.2) is 51.0 Å². The van der Waals surface area contributed by atoms with E-state index in [-0.39, 0.29) is 6.61 Å². The third kappa shape index (κ3) is 9.02. The van der Waals surface area contributed by atoms with Crippen LogP contribution in [0.5, 0.6) is 11.5 Å². The molecule has 0 spiro atoms. The first kappa shape index (κ1) is 31.4. The Balaban J connectivity index is 1.43. The highest BCUT2D eigenvalue weighted by molar-refractivity contribution is 5.31. The summed E-state index contributed by atoms with van der Waals surface area (Å²) in [6, 6.07) is 37.4. The van der Waals surface area contributed by atoms with Crippen LogP contribution in [0.25, 0.3) is 0 Å². The second-order valence-corrected chi connectivity index (χ2v) is 10.4. The summed E-state index contributed by atoms with van der Waals surface area (Å²) in [5.74, 6) is 1.34. The quantitative estimate of drug-likeness (QED) is 0.133. The maximum absolute atomic E-state index is 6.66. The molecule has 5 rings (SSSR count). The standard InChI is InChI=1S/C37H40O7/c1-3-23-40-35-34(41-25-29-15-9-5-10-16-29)33(27-39-24-28-13-7-4-8-14-28)44-37(43-32-21-19-31(38-2)20-22-32)36(35)42-26-30-17-11-6-12-18-30/h3-22,33-37H,1,23-27H2,2H3. The fraction of sp³-hybridized carbons (Fsp3) is 0.297. The first-order valence-electron chi connectivity index (χ1n) is 14.8. The van der Waals surface area contributed by atoms with Gasteiger partial charge in [-0.05, 0) is 41.0 Å². The molecular formula is C37H40O7. The Labute approximate surface area is 259 Å². The lowest BCUT2D eigenvalue weighted by Crippen LogP contribution is -2.62. The molecule has 0 bridgehead atoms. The highest BCUT2D eigenvalue weighted by Gasteiger charge is 2.49. The highest BCUT2D eigenvalue weighted by Crippen LogP contribution is 2.32. The van der Waals surface area contributed by atoms with E-state index < -0.39 is 30.7 Å². The van der Waals surface area contributed by atoms with Crippen molar-refractivity contribution in [2.75, 3.05) is 20.3 Å². The molecule has 1 aliphatic heterocycles. The van der Waals surface area contributed by atoms with Gasteiger partial charge in [0, 0.05) is 0 Å². The number of rotatable bonds is 16. The lowest BCUT2D eigenvalue weighted by atomic mass is 9.98. The van der Waals surface area contributed by atoms with E-state index in [1.54, 1.807) is 13.2 Å². The highest BCUT2D eigenvalue weighted by atomic mass is 16.7. The molecule has 0 N–H and O–H groups in total.